The zero-order valence-electron chi connectivity index (χ0n) is 25.0. The van der Waals surface area contributed by atoms with Crippen molar-refractivity contribution >= 4 is 45.1 Å². The lowest BCUT2D eigenvalue weighted by molar-refractivity contribution is 0.412. The van der Waals surface area contributed by atoms with Crippen LogP contribution in [0, 0.1) is 0 Å². The van der Waals surface area contributed by atoms with Gasteiger partial charge in [-0.25, -0.2) is 19.3 Å². The number of hydrogen-bond acceptors (Lipinski definition) is 14. The molecular formula is C30H30N8O4S4. The summed E-state index contributed by atoms with van der Waals surface area (Å²) in [5.41, 5.74) is 3.38. The molecule has 6 rings (SSSR count). The van der Waals surface area contributed by atoms with Crippen molar-refractivity contribution in [2.45, 2.75) is 22.9 Å². The van der Waals surface area contributed by atoms with Gasteiger partial charge in [0.1, 0.15) is 48.2 Å². The van der Waals surface area contributed by atoms with E-state index >= 15 is 0 Å². The maximum absolute atomic E-state index is 5.77. The Labute approximate surface area is 281 Å². The first-order valence-corrected chi connectivity index (χ1v) is 18.7. The number of nitrogens with zero attached hydrogens (tertiary/aromatic N) is 8. The summed E-state index contributed by atoms with van der Waals surface area (Å²) < 4.78 is 25.5. The van der Waals surface area contributed by atoms with Gasteiger partial charge in [-0.1, -0.05) is 31.9 Å². The summed E-state index contributed by atoms with van der Waals surface area (Å²) in [5, 5.41) is 19.0. The van der Waals surface area contributed by atoms with Crippen molar-refractivity contribution in [1.82, 2.24) is 39.8 Å². The van der Waals surface area contributed by atoms with E-state index in [1.165, 1.54) is 12.7 Å². The van der Waals surface area contributed by atoms with Gasteiger partial charge in [-0.15, -0.1) is 23.5 Å². The first-order valence-electron chi connectivity index (χ1n) is 14.2. The van der Waals surface area contributed by atoms with E-state index < -0.39 is 0 Å². The molecule has 0 radical (unpaired) electrons. The highest BCUT2D eigenvalue weighted by Gasteiger charge is 2.22. The van der Waals surface area contributed by atoms with Crippen LogP contribution in [0.5, 0.6) is 11.5 Å². The fourth-order valence-electron chi connectivity index (χ4n) is 4.34. The second-order valence-electron chi connectivity index (χ2n) is 9.52. The SMILES string of the molecule is COc1ccc(-c2onc(SCCCSSCCCSc3noc(-c4ccc(OC)cc4)c3-n3cncn3)c2-n2cncn2)cc1. The molecule has 4 heterocycles. The van der Waals surface area contributed by atoms with Crippen molar-refractivity contribution in [3.05, 3.63) is 73.8 Å². The Morgan fingerprint density at radius 2 is 1.04 bits per heavy atom. The molecule has 4 aromatic heterocycles. The van der Waals surface area contributed by atoms with E-state index in [1.807, 2.05) is 70.1 Å². The van der Waals surface area contributed by atoms with Crippen molar-refractivity contribution < 1.29 is 18.5 Å². The fourth-order valence-corrected chi connectivity index (χ4v) is 8.67. The van der Waals surface area contributed by atoms with E-state index in [1.54, 1.807) is 59.8 Å². The standard InChI is InChI=1S/C30H30N8O4S4/c1-39-23-9-5-21(6-10-23)27-25(37-19-31-17-33-37)29(35-41-27)43-13-3-15-45-46-16-4-14-44-30-26(38-20-32-18-34-38)28(42-36-30)22-7-11-24(40-2)12-8-22/h5-12,17-20H,3-4,13-16H2,1-2H3. The average Bonchev–Trinajstić information content (AvgIpc) is 3.93. The Kier molecular flexibility index (Phi) is 11.2. The van der Waals surface area contributed by atoms with Crippen molar-refractivity contribution in [3.63, 3.8) is 0 Å². The van der Waals surface area contributed by atoms with Crippen LogP contribution in [0.2, 0.25) is 0 Å². The number of thioether (sulfide) groups is 2. The topological polar surface area (TPSA) is 132 Å². The van der Waals surface area contributed by atoms with Gasteiger partial charge in [-0.2, -0.15) is 10.2 Å². The molecule has 2 aromatic carbocycles. The first kappa shape index (κ1) is 32.1. The molecule has 0 N–H and O–H groups in total. The normalized spacial score (nSPS) is 11.3. The molecule has 0 amide bonds. The number of methoxy groups -OCH3 is 2. The Bertz CT molecular complexity index is 1640. The predicted octanol–water partition coefficient (Wildman–Crippen LogP) is 7.22. The summed E-state index contributed by atoms with van der Waals surface area (Å²) >= 11 is 3.33. The van der Waals surface area contributed by atoms with Gasteiger partial charge in [0.25, 0.3) is 0 Å². The number of aromatic nitrogens is 8. The molecule has 0 spiro atoms. The van der Waals surface area contributed by atoms with Gasteiger partial charge in [0.15, 0.2) is 21.6 Å². The molecule has 238 valence electrons. The molecule has 0 fully saturated rings. The third-order valence-corrected chi connectivity index (χ3v) is 11.2. The molecular weight excluding hydrogens is 665 g/mol. The lowest BCUT2D eigenvalue weighted by atomic mass is 10.1. The van der Waals surface area contributed by atoms with Gasteiger partial charge in [-0.3, -0.25) is 0 Å². The zero-order chi connectivity index (χ0) is 31.6. The van der Waals surface area contributed by atoms with Crippen molar-refractivity contribution in [3.8, 4) is 45.5 Å². The number of rotatable bonds is 17. The predicted molar refractivity (Wildman–Crippen MR) is 182 cm³/mol. The third kappa shape index (κ3) is 7.74. The highest BCUT2D eigenvalue weighted by atomic mass is 33.1. The van der Waals surface area contributed by atoms with E-state index in [9.17, 15) is 0 Å². The molecule has 0 aliphatic carbocycles. The third-order valence-electron chi connectivity index (χ3n) is 6.58. The molecule has 46 heavy (non-hydrogen) atoms. The second kappa shape index (κ2) is 16.1. The van der Waals surface area contributed by atoms with Gasteiger partial charge >= 0.3 is 0 Å². The van der Waals surface area contributed by atoms with Crippen LogP contribution >= 0.6 is 45.1 Å². The Morgan fingerprint density at radius 1 is 0.609 bits per heavy atom. The van der Waals surface area contributed by atoms with E-state index in [0.717, 1.165) is 79.9 Å². The second-order valence-corrected chi connectivity index (χ2v) is 14.4. The fraction of sp³-hybridized carbons (Fsp3) is 0.267. The molecule has 0 saturated carbocycles. The minimum Gasteiger partial charge on any atom is -0.497 e. The van der Waals surface area contributed by atoms with Gasteiger partial charge in [0, 0.05) is 34.1 Å². The van der Waals surface area contributed by atoms with Crippen molar-refractivity contribution in [2.24, 2.45) is 0 Å². The van der Waals surface area contributed by atoms with Crippen LogP contribution in [0.4, 0.5) is 0 Å². The van der Waals surface area contributed by atoms with Crippen molar-refractivity contribution in [2.75, 3.05) is 37.2 Å². The van der Waals surface area contributed by atoms with Gasteiger partial charge in [-0.05, 0) is 61.4 Å². The largest absolute Gasteiger partial charge is 0.497 e. The summed E-state index contributed by atoms with van der Waals surface area (Å²) in [6.45, 7) is 0. The highest BCUT2D eigenvalue weighted by molar-refractivity contribution is 8.76. The molecule has 0 aliphatic heterocycles. The van der Waals surface area contributed by atoms with Crippen LogP contribution in [-0.4, -0.2) is 77.1 Å². The number of ether oxygens (including phenoxy) is 2. The summed E-state index contributed by atoms with van der Waals surface area (Å²) in [6.07, 6.45) is 8.40. The highest BCUT2D eigenvalue weighted by Crippen LogP contribution is 2.37. The molecule has 0 saturated heterocycles. The molecule has 16 heteroatoms. The van der Waals surface area contributed by atoms with Gasteiger partial charge in [0.2, 0.25) is 0 Å². The van der Waals surface area contributed by atoms with Crippen LogP contribution < -0.4 is 9.47 Å². The Balaban J connectivity index is 0.943. The molecule has 0 aliphatic rings. The number of hydrogen-bond donors (Lipinski definition) is 0. The minimum absolute atomic E-state index is 0.648. The van der Waals surface area contributed by atoms with Crippen LogP contribution in [0.3, 0.4) is 0 Å². The van der Waals surface area contributed by atoms with E-state index in [0.29, 0.717) is 11.5 Å². The smallest absolute Gasteiger partial charge is 0.193 e. The van der Waals surface area contributed by atoms with Crippen LogP contribution in [0.25, 0.3) is 34.0 Å². The lowest BCUT2D eigenvalue weighted by Gasteiger charge is -2.05. The van der Waals surface area contributed by atoms with Crippen LogP contribution in [-0.2, 0) is 0 Å². The van der Waals surface area contributed by atoms with E-state index in [2.05, 4.69) is 30.5 Å². The monoisotopic (exact) mass is 694 g/mol. The zero-order valence-corrected chi connectivity index (χ0v) is 28.3. The van der Waals surface area contributed by atoms with E-state index in [4.69, 9.17) is 18.5 Å². The van der Waals surface area contributed by atoms with Crippen molar-refractivity contribution in [1.29, 1.82) is 0 Å². The summed E-state index contributed by atoms with van der Waals surface area (Å²) in [5.74, 6) is 6.75. The first-order chi connectivity index (χ1) is 22.7. The summed E-state index contributed by atoms with van der Waals surface area (Å²) in [7, 11) is 7.07. The lowest BCUT2D eigenvalue weighted by Crippen LogP contribution is -1.97. The molecule has 12 nitrogen and oxygen atoms in total. The maximum atomic E-state index is 5.77. The number of benzene rings is 2. The van der Waals surface area contributed by atoms with E-state index in [-0.39, 0.29) is 0 Å². The molecule has 0 unspecified atom stereocenters. The molecule has 0 bridgehead atoms. The maximum Gasteiger partial charge on any atom is 0.193 e. The Morgan fingerprint density at radius 3 is 1.41 bits per heavy atom. The minimum atomic E-state index is 0.648. The molecule has 0 atom stereocenters. The summed E-state index contributed by atoms with van der Waals surface area (Å²) in [4.78, 5) is 8.22. The quantitative estimate of drug-likeness (QED) is 0.0540. The van der Waals surface area contributed by atoms with Crippen LogP contribution in [0.15, 0.2) is 92.9 Å². The van der Waals surface area contributed by atoms with Gasteiger partial charge < -0.3 is 18.5 Å². The Hall–Kier alpha value is -3.86. The van der Waals surface area contributed by atoms with Gasteiger partial charge in [0.05, 0.1) is 14.2 Å². The van der Waals surface area contributed by atoms with Crippen LogP contribution in [0.1, 0.15) is 12.8 Å². The average molecular weight is 695 g/mol. The molecule has 6 aromatic rings. The summed E-state index contributed by atoms with van der Waals surface area (Å²) in [6, 6.07) is 15.4.